The van der Waals surface area contributed by atoms with Crippen molar-refractivity contribution in [3.05, 3.63) is 180 Å². The molecule has 5 N–H and O–H groups in total. The second-order valence-corrected chi connectivity index (χ2v) is 26.8. The molecule has 3 fully saturated rings. The Kier molecular flexibility index (Phi) is 27.0. The highest BCUT2D eigenvalue weighted by atomic mass is 127. The zero-order valence-corrected chi connectivity index (χ0v) is 60.7. The lowest BCUT2D eigenvalue weighted by Gasteiger charge is -2.38. The molecule has 19 nitrogen and oxygen atoms in total. The maximum Gasteiger partial charge on any atom is 0.569 e. The minimum Gasteiger partial charge on any atom is -0.536 e. The van der Waals surface area contributed by atoms with Gasteiger partial charge in [-0.05, 0) is 174 Å². The summed E-state index contributed by atoms with van der Waals surface area (Å²) >= 11 is 26.0. The summed E-state index contributed by atoms with van der Waals surface area (Å²) in [6.07, 6.45) is 10.9. The molecule has 0 unspecified atom stereocenters. The Morgan fingerprint density at radius 3 is 1.54 bits per heavy atom. The van der Waals surface area contributed by atoms with Crippen LogP contribution in [0.2, 0.25) is 15.1 Å². The van der Waals surface area contributed by atoms with Gasteiger partial charge in [-0.3, -0.25) is 38.7 Å². The Labute approximate surface area is 592 Å². The molecule has 0 spiro atoms. The number of halogens is 6. The first-order valence-corrected chi connectivity index (χ1v) is 34.1. The standard InChI is InChI=1S/C25H27ClN4O2.C17H17ClIN3O2.C9H7ClIN.C8H11BNO2.C8H11BrN2O2/c1-5-24(32)29-12-18(13-29)28-23(31)14-30-16(4)25(20-10-17(26)6-7-22(20)30)21-11-27-9-8-19(21)15(2)3;1-3-16(24)21-7-12(8-21)20-15(23)9-22-10(2)17(19)13-6-11(18)4-5-14(13)22;1-5-9(11)7-4-6(10)2-3-8(7)12-5;1-6(2)7-3-4-10-5-8(7)12-9-11;1-2-8(13)11-4-6(5-11)10-7(12)3-9/h5-11,15,18H,1,12-14H2,2-4H3,(H,28,31);3-6,12H,1,7-9H2,2H3,(H,20,23);2-4,12H,1H3;3-6,11H,1-2H3;2,6H,1,3-5H2,(H,10,12). The molecule has 0 bridgehead atoms. The summed E-state index contributed by atoms with van der Waals surface area (Å²) in [5.41, 5.74) is 10.7. The molecule has 1 radical (unpaired) electrons. The van der Waals surface area contributed by atoms with Gasteiger partial charge in [0.2, 0.25) is 35.4 Å². The number of aromatic amines is 1. The minimum absolute atomic E-state index is 0.0112. The fourth-order valence-corrected chi connectivity index (χ4v) is 12.7. The lowest BCUT2D eigenvalue weighted by Crippen LogP contribution is -2.61. The smallest absolute Gasteiger partial charge is 0.536 e. The SMILES string of the molecule is C=CC(=O)N1CC(NC(=O)CBr)C1.C=CC(=O)N1CC(NC(=O)Cn2c(C)c(-c3cnccc3C(C)C)c3cc(Cl)ccc32)C1.C=CC(=O)N1CC(NC(=O)Cn2c(C)c(I)c3cc(Cl)ccc32)C1.CC(C)c1ccncc1O[B]O.Cc1[nH]c2ccc(Cl)cc2c1I. The van der Waals surface area contributed by atoms with E-state index >= 15 is 0 Å². The molecule has 11 rings (SSSR count). The van der Waals surface area contributed by atoms with Gasteiger partial charge in [0.15, 0.2) is 0 Å². The minimum atomic E-state index is -0.110. The molecule has 5 aromatic heterocycles. The topological polar surface area (TPSA) is 229 Å². The van der Waals surface area contributed by atoms with Gasteiger partial charge in [0.1, 0.15) is 18.8 Å². The normalized spacial score (nSPS) is 13.5. The van der Waals surface area contributed by atoms with Crippen LogP contribution in [0.25, 0.3) is 43.8 Å². The largest absolute Gasteiger partial charge is 0.569 e. The summed E-state index contributed by atoms with van der Waals surface area (Å²) in [4.78, 5) is 86.6. The third-order valence-corrected chi connectivity index (χ3v) is 19.6. The van der Waals surface area contributed by atoms with Crippen LogP contribution in [0.4, 0.5) is 0 Å². The quantitative estimate of drug-likeness (QED) is 0.0266. The van der Waals surface area contributed by atoms with Crippen molar-refractivity contribution in [2.24, 2.45) is 0 Å². The number of carbonyl (C=O) groups excluding carboxylic acids is 6. The number of likely N-dealkylation sites (tertiary alicyclic amines) is 3. The first-order chi connectivity index (χ1) is 44.3. The van der Waals surface area contributed by atoms with Crippen LogP contribution in [-0.4, -0.2) is 150 Å². The highest BCUT2D eigenvalue weighted by Gasteiger charge is 2.33. The van der Waals surface area contributed by atoms with Gasteiger partial charge in [0.05, 0.1) is 29.7 Å². The van der Waals surface area contributed by atoms with Crippen LogP contribution in [-0.2, 0) is 41.9 Å². The van der Waals surface area contributed by atoms with Crippen LogP contribution in [0, 0.1) is 27.9 Å². The van der Waals surface area contributed by atoms with Gasteiger partial charge in [-0.2, -0.15) is 0 Å². The number of fused-ring (bicyclic) bond motifs is 3. The van der Waals surface area contributed by atoms with Crippen LogP contribution in [0.5, 0.6) is 5.75 Å². The molecule has 3 aliphatic heterocycles. The van der Waals surface area contributed by atoms with Crippen LogP contribution >= 0.6 is 95.9 Å². The zero-order valence-electron chi connectivity index (χ0n) is 52.5. The van der Waals surface area contributed by atoms with E-state index in [-0.39, 0.29) is 66.7 Å². The predicted molar refractivity (Wildman–Crippen MR) is 391 cm³/mol. The zero-order chi connectivity index (χ0) is 68.0. The van der Waals surface area contributed by atoms with E-state index in [1.807, 2.05) is 102 Å². The van der Waals surface area contributed by atoms with E-state index < -0.39 is 0 Å². The summed E-state index contributed by atoms with van der Waals surface area (Å²) in [6.45, 7) is 28.6. The predicted octanol–water partition coefficient (Wildman–Crippen LogP) is 11.8. The van der Waals surface area contributed by atoms with Gasteiger partial charge in [0, 0.05) is 141 Å². The number of hydrogen-bond donors (Lipinski definition) is 5. The second kappa shape index (κ2) is 34.1. The summed E-state index contributed by atoms with van der Waals surface area (Å²) < 4.78 is 11.2. The number of pyridine rings is 2. The molecule has 8 aromatic rings. The van der Waals surface area contributed by atoms with E-state index in [0.717, 1.165) is 64.0 Å². The fraction of sp³-hybridized carbons (Fsp3) is 0.313. The Morgan fingerprint density at radius 1 is 0.634 bits per heavy atom. The van der Waals surface area contributed by atoms with E-state index in [9.17, 15) is 28.8 Å². The van der Waals surface area contributed by atoms with E-state index in [1.165, 1.54) is 38.4 Å². The molecule has 26 heteroatoms. The van der Waals surface area contributed by atoms with Gasteiger partial charge in [-0.25, -0.2) is 0 Å². The van der Waals surface area contributed by atoms with Crippen LogP contribution in [0.1, 0.15) is 67.7 Å². The average Bonchev–Trinajstić information content (AvgIpc) is 1.62. The number of rotatable bonds is 16. The van der Waals surface area contributed by atoms with Crippen molar-refractivity contribution < 1.29 is 38.4 Å². The van der Waals surface area contributed by atoms with Crippen molar-refractivity contribution in [3.63, 3.8) is 0 Å². The van der Waals surface area contributed by atoms with E-state index in [4.69, 9.17) is 44.5 Å². The summed E-state index contributed by atoms with van der Waals surface area (Å²) in [6, 6.07) is 21.4. The van der Waals surface area contributed by atoms with Crippen LogP contribution in [0.3, 0.4) is 0 Å². The highest BCUT2D eigenvalue weighted by Crippen LogP contribution is 2.39. The van der Waals surface area contributed by atoms with Crippen LogP contribution in [0.15, 0.2) is 129 Å². The number of nitrogens with zero attached hydrogens (tertiary/aromatic N) is 7. The van der Waals surface area contributed by atoms with Crippen molar-refractivity contribution in [2.75, 3.05) is 44.6 Å². The monoisotopic (exact) mass is 1610 g/mol. The molecule has 489 valence electrons. The maximum atomic E-state index is 12.9. The van der Waals surface area contributed by atoms with Crippen molar-refractivity contribution >= 4 is 172 Å². The van der Waals surface area contributed by atoms with Gasteiger partial charge in [-0.15, -0.1) is 0 Å². The first-order valence-electron chi connectivity index (χ1n) is 29.7. The molecule has 3 saturated heterocycles. The molecule has 0 aliphatic carbocycles. The van der Waals surface area contributed by atoms with Crippen molar-refractivity contribution in [1.29, 1.82) is 0 Å². The number of carbonyl (C=O) groups is 6. The molecule has 3 aliphatic rings. The Bertz CT molecular complexity index is 4090. The number of benzene rings is 3. The van der Waals surface area contributed by atoms with Crippen molar-refractivity contribution in [2.45, 2.75) is 91.5 Å². The lowest BCUT2D eigenvalue weighted by atomic mass is 9.93. The number of alkyl halides is 1. The molecular formula is C67H73BBrCl3I2N11O8. The summed E-state index contributed by atoms with van der Waals surface area (Å²) in [7, 11) is 0.670. The highest BCUT2D eigenvalue weighted by molar-refractivity contribution is 14.1. The number of aromatic nitrogens is 5. The van der Waals surface area contributed by atoms with Gasteiger partial charge >= 0.3 is 7.69 Å². The summed E-state index contributed by atoms with van der Waals surface area (Å²) in [5.74, 6) is 0.821. The second-order valence-electron chi connectivity index (χ2n) is 22.8. The third kappa shape index (κ3) is 18.8. The Hall–Kier alpha value is -6.75. The number of nitrogens with one attached hydrogen (secondary N) is 4. The first kappa shape index (κ1) is 73.7. The Balaban J connectivity index is 0.000000176. The lowest BCUT2D eigenvalue weighted by molar-refractivity contribution is -0.133. The summed E-state index contributed by atoms with van der Waals surface area (Å²) in [5, 5.41) is 22.9. The van der Waals surface area contributed by atoms with Gasteiger partial charge < -0.3 is 54.4 Å². The van der Waals surface area contributed by atoms with E-state index in [2.05, 4.69) is 146 Å². The molecular weight excluding hydrogens is 1540 g/mol. The van der Waals surface area contributed by atoms with Crippen molar-refractivity contribution in [3.8, 4) is 16.9 Å². The number of aryl methyl sites for hydroxylation is 1. The van der Waals surface area contributed by atoms with E-state index in [0.29, 0.717) is 79.9 Å². The average molecular weight is 1610 g/mol. The van der Waals surface area contributed by atoms with Gasteiger partial charge in [0.25, 0.3) is 0 Å². The molecule has 0 saturated carbocycles. The molecule has 3 aromatic carbocycles. The number of amides is 6. The fourth-order valence-electron chi connectivity index (χ4n) is 10.8. The number of H-pyrrole nitrogens is 1. The molecule has 8 heterocycles. The van der Waals surface area contributed by atoms with Crippen LogP contribution < -0.4 is 20.6 Å². The molecule has 6 amide bonds. The Morgan fingerprint density at radius 2 is 1.06 bits per heavy atom. The van der Waals surface area contributed by atoms with Crippen molar-refractivity contribution in [1.82, 2.24) is 54.7 Å². The molecule has 0 atom stereocenters. The number of hydrogen-bond acceptors (Lipinski definition) is 10. The van der Waals surface area contributed by atoms with Gasteiger partial charge in [-0.1, -0.05) is 98.2 Å². The molecule has 93 heavy (non-hydrogen) atoms. The van der Waals surface area contributed by atoms with E-state index in [1.54, 1.807) is 27.1 Å². The maximum absolute atomic E-state index is 12.9. The third-order valence-electron chi connectivity index (χ3n) is 15.7.